The highest BCUT2D eigenvalue weighted by Gasteiger charge is 2.32. The molecular formula is C20H32N4O5. The lowest BCUT2D eigenvalue weighted by molar-refractivity contribution is -0.123. The summed E-state index contributed by atoms with van der Waals surface area (Å²) in [6.07, 6.45) is 2.51. The highest BCUT2D eigenvalue weighted by atomic mass is 16.3. The molecule has 3 N–H and O–H groups in total. The molecule has 2 saturated heterocycles. The van der Waals surface area contributed by atoms with Crippen molar-refractivity contribution in [3.63, 3.8) is 0 Å². The van der Waals surface area contributed by atoms with Crippen LogP contribution in [0.2, 0.25) is 0 Å². The van der Waals surface area contributed by atoms with Gasteiger partial charge in [0, 0.05) is 38.8 Å². The van der Waals surface area contributed by atoms with Crippen LogP contribution in [0.25, 0.3) is 0 Å². The minimum atomic E-state index is -0.250. The van der Waals surface area contributed by atoms with Gasteiger partial charge in [-0.25, -0.2) is 4.79 Å². The second kappa shape index (κ2) is 13.5. The molecular weight excluding hydrogens is 376 g/mol. The van der Waals surface area contributed by atoms with Crippen molar-refractivity contribution in [2.45, 2.75) is 32.0 Å². The van der Waals surface area contributed by atoms with Gasteiger partial charge in [0.15, 0.2) is 0 Å². The lowest BCUT2D eigenvalue weighted by atomic mass is 10.1. The molecule has 3 rings (SSSR count). The number of urea groups is 1. The van der Waals surface area contributed by atoms with Crippen LogP contribution in [0.15, 0.2) is 24.3 Å². The van der Waals surface area contributed by atoms with Gasteiger partial charge in [0.25, 0.3) is 12.9 Å². The number of hydrogen-bond acceptors (Lipinski definition) is 5. The molecule has 0 radical (unpaired) electrons. The summed E-state index contributed by atoms with van der Waals surface area (Å²) in [5, 5.41) is 16.9. The molecule has 1 aromatic rings. The number of carbonyl (C=O) groups is 3. The fourth-order valence-corrected chi connectivity index (χ4v) is 3.68. The van der Waals surface area contributed by atoms with Crippen LogP contribution in [0.3, 0.4) is 0 Å². The number of nitrogens with one attached hydrogen (secondary N) is 1. The number of nitrogens with zero attached hydrogens (tertiary/aromatic N) is 3. The van der Waals surface area contributed by atoms with E-state index in [2.05, 4.69) is 47.4 Å². The number of fused-ring (bicyclic) bond motifs is 1. The van der Waals surface area contributed by atoms with E-state index in [0.717, 1.165) is 26.2 Å². The van der Waals surface area contributed by atoms with E-state index >= 15 is 0 Å². The highest BCUT2D eigenvalue weighted by Crippen LogP contribution is 2.21. The van der Waals surface area contributed by atoms with Gasteiger partial charge in [-0.1, -0.05) is 24.3 Å². The van der Waals surface area contributed by atoms with Crippen molar-refractivity contribution in [2.24, 2.45) is 0 Å². The highest BCUT2D eigenvalue weighted by molar-refractivity contribution is 5.74. The molecule has 2 aliphatic heterocycles. The molecule has 29 heavy (non-hydrogen) atoms. The van der Waals surface area contributed by atoms with Crippen LogP contribution in [0, 0.1) is 0 Å². The quantitative estimate of drug-likeness (QED) is 0.640. The van der Waals surface area contributed by atoms with Crippen molar-refractivity contribution in [1.82, 2.24) is 20.0 Å². The molecule has 9 heteroatoms. The van der Waals surface area contributed by atoms with E-state index in [1.54, 1.807) is 0 Å². The first kappa shape index (κ1) is 24.4. The van der Waals surface area contributed by atoms with Gasteiger partial charge < -0.3 is 25.3 Å². The van der Waals surface area contributed by atoms with Crippen LogP contribution in [0.1, 0.15) is 24.0 Å². The Morgan fingerprint density at radius 1 is 1.14 bits per heavy atom. The van der Waals surface area contributed by atoms with Gasteiger partial charge in [0.05, 0.1) is 0 Å². The Morgan fingerprint density at radius 2 is 1.76 bits per heavy atom. The molecule has 1 atom stereocenters. The zero-order chi connectivity index (χ0) is 21.6. The van der Waals surface area contributed by atoms with E-state index in [-0.39, 0.29) is 19.0 Å². The average molecular weight is 408 g/mol. The van der Waals surface area contributed by atoms with Gasteiger partial charge in [-0.3, -0.25) is 14.5 Å². The molecule has 0 spiro atoms. The van der Waals surface area contributed by atoms with Crippen LogP contribution < -0.4 is 5.32 Å². The number of rotatable bonds is 4. The standard InChI is InChI=1S/C18H28N4O.2CH2O2/c1-20(2)13-16-7-4-3-6-15(16)12-19-18(23)22-11-10-21-9-5-8-17(21)14-22;2*2-1-3/h3-4,6-7,17H,5,8-14H2,1-2H3,(H,19,23);2*1H,(H,2,3). The smallest absolute Gasteiger partial charge is 0.317 e. The summed E-state index contributed by atoms with van der Waals surface area (Å²) in [6, 6.07) is 9.00. The molecule has 1 aromatic carbocycles. The summed E-state index contributed by atoms with van der Waals surface area (Å²) in [5.74, 6) is 0. The van der Waals surface area contributed by atoms with E-state index in [9.17, 15) is 4.79 Å². The maximum absolute atomic E-state index is 12.5. The minimum Gasteiger partial charge on any atom is -0.483 e. The van der Waals surface area contributed by atoms with Crippen molar-refractivity contribution >= 4 is 19.0 Å². The molecule has 2 aliphatic rings. The largest absolute Gasteiger partial charge is 0.483 e. The topological polar surface area (TPSA) is 113 Å². The fourth-order valence-electron chi connectivity index (χ4n) is 3.68. The summed E-state index contributed by atoms with van der Waals surface area (Å²) < 4.78 is 0. The number of piperazine rings is 1. The third-order valence-corrected chi connectivity index (χ3v) is 4.91. The summed E-state index contributed by atoms with van der Waals surface area (Å²) in [7, 11) is 4.13. The van der Waals surface area contributed by atoms with E-state index in [1.165, 1.54) is 30.5 Å². The Bertz CT molecular complexity index is 635. The number of carbonyl (C=O) groups excluding carboxylic acids is 1. The normalized spacial score (nSPS) is 17.9. The molecule has 2 amide bonds. The minimum absolute atomic E-state index is 0.0798. The summed E-state index contributed by atoms with van der Waals surface area (Å²) >= 11 is 0. The van der Waals surface area contributed by atoms with Crippen molar-refractivity contribution < 1.29 is 24.6 Å². The Balaban J connectivity index is 0.000000626. The summed E-state index contributed by atoms with van der Waals surface area (Å²) in [6.45, 7) is 4.96. The van der Waals surface area contributed by atoms with Gasteiger partial charge in [-0.05, 0) is 44.6 Å². The average Bonchev–Trinajstić information content (AvgIpc) is 3.16. The molecule has 0 aliphatic carbocycles. The predicted molar refractivity (Wildman–Crippen MR) is 110 cm³/mol. The molecule has 162 valence electrons. The Morgan fingerprint density at radius 3 is 2.38 bits per heavy atom. The lowest BCUT2D eigenvalue weighted by Gasteiger charge is -2.37. The van der Waals surface area contributed by atoms with Crippen molar-refractivity contribution in [2.75, 3.05) is 40.3 Å². The van der Waals surface area contributed by atoms with Crippen LogP contribution in [-0.4, -0.2) is 90.2 Å². The summed E-state index contributed by atoms with van der Waals surface area (Å²) in [4.78, 5) is 35.9. The third kappa shape index (κ3) is 8.49. The molecule has 0 bridgehead atoms. The van der Waals surface area contributed by atoms with Gasteiger partial charge in [0.2, 0.25) is 0 Å². The van der Waals surface area contributed by atoms with E-state index in [0.29, 0.717) is 12.6 Å². The third-order valence-electron chi connectivity index (χ3n) is 4.91. The number of carboxylic acid groups (broad SMARTS) is 2. The first-order chi connectivity index (χ1) is 14.0. The maximum Gasteiger partial charge on any atom is 0.317 e. The van der Waals surface area contributed by atoms with E-state index in [1.807, 2.05) is 11.0 Å². The predicted octanol–water partition coefficient (Wildman–Crippen LogP) is 1.14. The van der Waals surface area contributed by atoms with E-state index < -0.39 is 0 Å². The van der Waals surface area contributed by atoms with Gasteiger partial charge in [-0.2, -0.15) is 0 Å². The first-order valence-electron chi connectivity index (χ1n) is 9.60. The van der Waals surface area contributed by atoms with Crippen LogP contribution in [0.4, 0.5) is 4.79 Å². The Hall–Kier alpha value is -2.65. The molecule has 1 unspecified atom stereocenters. The Kier molecular flexibility index (Phi) is 11.4. The van der Waals surface area contributed by atoms with Crippen LogP contribution >= 0.6 is 0 Å². The zero-order valence-electron chi connectivity index (χ0n) is 17.2. The van der Waals surface area contributed by atoms with Crippen molar-refractivity contribution in [1.29, 1.82) is 0 Å². The zero-order valence-corrected chi connectivity index (χ0v) is 17.2. The number of amides is 2. The second-order valence-corrected chi connectivity index (χ2v) is 7.15. The molecule has 0 aromatic heterocycles. The maximum atomic E-state index is 12.5. The summed E-state index contributed by atoms with van der Waals surface area (Å²) in [5.41, 5.74) is 2.48. The van der Waals surface area contributed by atoms with E-state index in [4.69, 9.17) is 19.8 Å². The lowest BCUT2D eigenvalue weighted by Crippen LogP contribution is -2.54. The van der Waals surface area contributed by atoms with Crippen molar-refractivity contribution in [3.05, 3.63) is 35.4 Å². The first-order valence-corrected chi connectivity index (χ1v) is 9.60. The molecule has 0 saturated carbocycles. The monoisotopic (exact) mass is 408 g/mol. The number of benzene rings is 1. The molecule has 2 fully saturated rings. The van der Waals surface area contributed by atoms with Gasteiger partial charge in [-0.15, -0.1) is 0 Å². The molecule has 9 nitrogen and oxygen atoms in total. The second-order valence-electron chi connectivity index (χ2n) is 7.15. The van der Waals surface area contributed by atoms with Crippen molar-refractivity contribution in [3.8, 4) is 0 Å². The van der Waals surface area contributed by atoms with Crippen LogP contribution in [-0.2, 0) is 22.7 Å². The Labute approximate surface area is 171 Å². The van der Waals surface area contributed by atoms with Crippen LogP contribution in [0.5, 0.6) is 0 Å². The SMILES string of the molecule is CN(C)Cc1ccccc1CNC(=O)N1CCN2CCCC2C1.O=CO.O=CO. The van der Waals surface area contributed by atoms with Gasteiger partial charge >= 0.3 is 6.03 Å². The number of hydrogen-bond donors (Lipinski definition) is 3. The van der Waals surface area contributed by atoms with Gasteiger partial charge in [0.1, 0.15) is 0 Å². The molecule has 2 heterocycles. The fraction of sp³-hybridized carbons (Fsp3) is 0.550.